The second-order valence-corrected chi connectivity index (χ2v) is 5.36. The van der Waals surface area contributed by atoms with Gasteiger partial charge in [-0.3, -0.25) is 9.59 Å². The lowest BCUT2D eigenvalue weighted by molar-refractivity contribution is -0.121. The normalized spacial score (nSPS) is 15.3. The van der Waals surface area contributed by atoms with E-state index in [0.717, 1.165) is 0 Å². The number of Topliss-reactive ketones (excluding diaryl/α,β-unsaturated/α-hetero) is 1. The Balaban J connectivity index is 1.92. The molecule has 1 saturated heterocycles. The molecule has 1 aliphatic rings. The summed E-state index contributed by atoms with van der Waals surface area (Å²) in [5.41, 5.74) is 1.19. The summed E-state index contributed by atoms with van der Waals surface area (Å²) in [7, 11) is 1.35. The average Bonchev–Trinajstić information content (AvgIpc) is 2.54. The number of nitrogens with zero attached hydrogens (tertiary/aromatic N) is 1. The van der Waals surface area contributed by atoms with Gasteiger partial charge in [0.25, 0.3) is 0 Å². The zero-order valence-electron chi connectivity index (χ0n) is 12.8. The molecular formula is C16H20N2O4. The van der Waals surface area contributed by atoms with Crippen LogP contribution in [0.3, 0.4) is 0 Å². The van der Waals surface area contributed by atoms with Crippen LogP contribution in [0.4, 0.5) is 10.5 Å². The second kappa shape index (κ2) is 7.06. The van der Waals surface area contributed by atoms with Gasteiger partial charge in [-0.1, -0.05) is 12.1 Å². The smallest absolute Gasteiger partial charge is 0.409 e. The maximum atomic E-state index is 12.3. The zero-order valence-corrected chi connectivity index (χ0v) is 12.8. The van der Waals surface area contributed by atoms with E-state index in [1.165, 1.54) is 14.0 Å². The first-order chi connectivity index (χ1) is 10.5. The molecule has 22 heavy (non-hydrogen) atoms. The van der Waals surface area contributed by atoms with E-state index in [2.05, 4.69) is 10.1 Å². The summed E-state index contributed by atoms with van der Waals surface area (Å²) in [4.78, 5) is 36.6. The highest BCUT2D eigenvalue weighted by Crippen LogP contribution is 2.20. The van der Waals surface area contributed by atoms with Crippen LogP contribution in [0.2, 0.25) is 0 Å². The molecule has 0 aromatic heterocycles. The van der Waals surface area contributed by atoms with E-state index in [1.807, 2.05) is 0 Å². The molecule has 6 nitrogen and oxygen atoms in total. The van der Waals surface area contributed by atoms with Crippen LogP contribution in [0.5, 0.6) is 0 Å². The highest BCUT2D eigenvalue weighted by molar-refractivity contribution is 5.97. The Labute approximate surface area is 129 Å². The van der Waals surface area contributed by atoms with Gasteiger partial charge >= 0.3 is 6.09 Å². The molecule has 1 fully saturated rings. The van der Waals surface area contributed by atoms with Crippen molar-refractivity contribution in [3.05, 3.63) is 29.8 Å². The number of piperidine rings is 1. The molecule has 0 bridgehead atoms. The number of anilines is 1. The highest BCUT2D eigenvalue weighted by atomic mass is 16.5. The maximum Gasteiger partial charge on any atom is 0.409 e. The van der Waals surface area contributed by atoms with Gasteiger partial charge in [0.2, 0.25) is 5.91 Å². The average molecular weight is 304 g/mol. The summed E-state index contributed by atoms with van der Waals surface area (Å²) < 4.78 is 4.67. The molecule has 1 aliphatic heterocycles. The number of ether oxygens (including phenoxy) is 1. The standard InChI is InChI=1S/C16H20N2O4/c1-11(19)13-4-3-5-14(10-13)17-15(20)12-6-8-18(9-7-12)16(21)22-2/h3-5,10,12H,6-9H2,1-2H3,(H,17,20). The zero-order chi connectivity index (χ0) is 16.1. The Hall–Kier alpha value is -2.37. The highest BCUT2D eigenvalue weighted by Gasteiger charge is 2.27. The van der Waals surface area contributed by atoms with E-state index in [0.29, 0.717) is 37.2 Å². The molecule has 0 radical (unpaired) electrons. The number of methoxy groups -OCH3 is 1. The number of benzene rings is 1. The van der Waals surface area contributed by atoms with E-state index in [-0.39, 0.29) is 23.7 Å². The molecule has 0 spiro atoms. The lowest BCUT2D eigenvalue weighted by Gasteiger charge is -2.30. The molecular weight excluding hydrogens is 284 g/mol. The van der Waals surface area contributed by atoms with E-state index in [4.69, 9.17) is 0 Å². The fraction of sp³-hybridized carbons (Fsp3) is 0.438. The Morgan fingerprint density at radius 2 is 1.91 bits per heavy atom. The third-order valence-electron chi connectivity index (χ3n) is 3.84. The Bertz CT molecular complexity index is 577. The monoisotopic (exact) mass is 304 g/mol. The number of hydrogen-bond acceptors (Lipinski definition) is 4. The number of amides is 2. The number of ketones is 1. The van der Waals surface area contributed by atoms with Gasteiger partial charge < -0.3 is 15.0 Å². The van der Waals surface area contributed by atoms with Crippen LogP contribution in [0, 0.1) is 5.92 Å². The van der Waals surface area contributed by atoms with Crippen molar-refractivity contribution in [1.82, 2.24) is 4.90 Å². The SMILES string of the molecule is COC(=O)N1CCC(C(=O)Nc2cccc(C(C)=O)c2)CC1. The summed E-state index contributed by atoms with van der Waals surface area (Å²) in [5, 5.41) is 2.84. The predicted molar refractivity (Wildman–Crippen MR) is 81.8 cm³/mol. The van der Waals surface area contributed by atoms with Crippen molar-refractivity contribution >= 4 is 23.5 Å². The van der Waals surface area contributed by atoms with Crippen molar-refractivity contribution in [3.8, 4) is 0 Å². The molecule has 0 unspecified atom stereocenters. The van der Waals surface area contributed by atoms with E-state index >= 15 is 0 Å². The van der Waals surface area contributed by atoms with E-state index in [9.17, 15) is 14.4 Å². The molecule has 118 valence electrons. The van der Waals surface area contributed by atoms with Crippen LogP contribution in [-0.4, -0.2) is 42.9 Å². The number of rotatable bonds is 3. The Morgan fingerprint density at radius 1 is 1.23 bits per heavy atom. The van der Waals surface area contributed by atoms with Gasteiger partial charge in [-0.05, 0) is 31.9 Å². The number of nitrogens with one attached hydrogen (secondary N) is 1. The summed E-state index contributed by atoms with van der Waals surface area (Å²) in [5.74, 6) is -0.255. The van der Waals surface area contributed by atoms with Crippen LogP contribution < -0.4 is 5.32 Å². The number of likely N-dealkylation sites (tertiary alicyclic amines) is 1. The van der Waals surface area contributed by atoms with Gasteiger partial charge in [-0.2, -0.15) is 0 Å². The molecule has 1 heterocycles. The van der Waals surface area contributed by atoms with Crippen molar-refractivity contribution in [2.75, 3.05) is 25.5 Å². The van der Waals surface area contributed by atoms with Crippen LogP contribution in [-0.2, 0) is 9.53 Å². The minimum Gasteiger partial charge on any atom is -0.453 e. The lowest BCUT2D eigenvalue weighted by atomic mass is 9.96. The Morgan fingerprint density at radius 3 is 2.50 bits per heavy atom. The maximum absolute atomic E-state index is 12.3. The first-order valence-electron chi connectivity index (χ1n) is 7.26. The first-order valence-corrected chi connectivity index (χ1v) is 7.26. The number of carbonyl (C=O) groups is 3. The summed E-state index contributed by atoms with van der Waals surface area (Å²) in [6.07, 6.45) is 0.855. The number of hydrogen-bond donors (Lipinski definition) is 1. The topological polar surface area (TPSA) is 75.7 Å². The van der Waals surface area contributed by atoms with Crippen molar-refractivity contribution in [1.29, 1.82) is 0 Å². The fourth-order valence-electron chi connectivity index (χ4n) is 2.51. The van der Waals surface area contributed by atoms with Gasteiger partial charge in [0, 0.05) is 30.3 Å². The second-order valence-electron chi connectivity index (χ2n) is 5.36. The van der Waals surface area contributed by atoms with Crippen LogP contribution in [0.1, 0.15) is 30.1 Å². The summed E-state index contributed by atoms with van der Waals surface area (Å²) >= 11 is 0. The van der Waals surface area contributed by atoms with Crippen molar-refractivity contribution < 1.29 is 19.1 Å². The van der Waals surface area contributed by atoms with Crippen molar-refractivity contribution in [2.24, 2.45) is 5.92 Å². The van der Waals surface area contributed by atoms with Gasteiger partial charge in [0.1, 0.15) is 0 Å². The fourth-order valence-corrected chi connectivity index (χ4v) is 2.51. The predicted octanol–water partition coefficient (Wildman–Crippen LogP) is 2.31. The first kappa shape index (κ1) is 16.0. The largest absolute Gasteiger partial charge is 0.453 e. The minimum absolute atomic E-state index is 0.0394. The summed E-state index contributed by atoms with van der Waals surface area (Å²) in [6, 6.07) is 6.89. The molecule has 2 rings (SSSR count). The molecule has 6 heteroatoms. The van der Waals surface area contributed by atoms with Crippen LogP contribution in [0.25, 0.3) is 0 Å². The van der Waals surface area contributed by atoms with Gasteiger partial charge in [-0.15, -0.1) is 0 Å². The van der Waals surface area contributed by atoms with Crippen molar-refractivity contribution in [2.45, 2.75) is 19.8 Å². The van der Waals surface area contributed by atoms with Crippen LogP contribution >= 0.6 is 0 Å². The van der Waals surface area contributed by atoms with Gasteiger partial charge in [0.05, 0.1) is 7.11 Å². The Kier molecular flexibility index (Phi) is 5.14. The molecule has 0 aliphatic carbocycles. The molecule has 1 aromatic carbocycles. The van der Waals surface area contributed by atoms with E-state index < -0.39 is 0 Å². The minimum atomic E-state index is -0.354. The van der Waals surface area contributed by atoms with Gasteiger partial charge in [0.15, 0.2) is 5.78 Å². The number of carbonyl (C=O) groups excluding carboxylic acids is 3. The quantitative estimate of drug-likeness (QED) is 0.869. The van der Waals surface area contributed by atoms with Crippen molar-refractivity contribution in [3.63, 3.8) is 0 Å². The molecule has 0 atom stereocenters. The molecule has 0 saturated carbocycles. The molecule has 1 aromatic rings. The third kappa shape index (κ3) is 3.84. The van der Waals surface area contributed by atoms with Crippen LogP contribution in [0.15, 0.2) is 24.3 Å². The summed E-state index contributed by atoms with van der Waals surface area (Å²) in [6.45, 7) is 2.51. The third-order valence-corrected chi connectivity index (χ3v) is 3.84. The van der Waals surface area contributed by atoms with Gasteiger partial charge in [-0.25, -0.2) is 4.79 Å². The van der Waals surface area contributed by atoms with E-state index in [1.54, 1.807) is 29.2 Å². The molecule has 2 amide bonds. The lowest BCUT2D eigenvalue weighted by Crippen LogP contribution is -2.41. The molecule has 1 N–H and O–H groups in total.